The van der Waals surface area contributed by atoms with Gasteiger partial charge in [0.15, 0.2) is 0 Å². The van der Waals surface area contributed by atoms with Crippen molar-refractivity contribution in [1.82, 2.24) is 15.1 Å². The van der Waals surface area contributed by atoms with Crippen LogP contribution in [0.5, 0.6) is 0 Å². The number of likely N-dealkylation sites (N-methyl/N-ethyl adjacent to an activating group) is 2. The zero-order valence-electron chi connectivity index (χ0n) is 13.9. The molecular weight excluding hydrogens is 266 g/mol. The fraction of sp³-hybridized carbons (Fsp3) is 0.938. The Kier molecular flexibility index (Phi) is 6.02. The van der Waals surface area contributed by atoms with Crippen LogP contribution in [0.3, 0.4) is 0 Å². The summed E-state index contributed by atoms with van der Waals surface area (Å²) in [6.45, 7) is 9.73. The quantitative estimate of drug-likeness (QED) is 0.770. The van der Waals surface area contributed by atoms with E-state index in [4.69, 9.17) is 4.74 Å². The van der Waals surface area contributed by atoms with E-state index in [9.17, 15) is 4.79 Å². The Morgan fingerprint density at radius 2 is 2.00 bits per heavy atom. The van der Waals surface area contributed by atoms with Crippen molar-refractivity contribution >= 4 is 5.97 Å². The minimum absolute atomic E-state index is 0.0503. The lowest BCUT2D eigenvalue weighted by Gasteiger charge is -2.45. The maximum absolute atomic E-state index is 12.5. The van der Waals surface area contributed by atoms with Crippen molar-refractivity contribution in [2.24, 2.45) is 0 Å². The van der Waals surface area contributed by atoms with Crippen LogP contribution in [0.1, 0.15) is 39.5 Å². The van der Waals surface area contributed by atoms with Crippen LogP contribution in [0.25, 0.3) is 0 Å². The molecule has 2 unspecified atom stereocenters. The maximum atomic E-state index is 12.5. The second-order valence-corrected chi connectivity index (χ2v) is 6.42. The summed E-state index contributed by atoms with van der Waals surface area (Å²) in [6, 6.07) is 0.510. The van der Waals surface area contributed by atoms with Crippen molar-refractivity contribution in [1.29, 1.82) is 0 Å². The van der Waals surface area contributed by atoms with Crippen molar-refractivity contribution in [3.8, 4) is 0 Å². The van der Waals surface area contributed by atoms with Gasteiger partial charge in [0.05, 0.1) is 6.61 Å². The molecule has 1 heterocycles. The summed E-state index contributed by atoms with van der Waals surface area (Å²) >= 11 is 0. The second-order valence-electron chi connectivity index (χ2n) is 6.42. The Hall–Kier alpha value is -0.650. The molecule has 21 heavy (non-hydrogen) atoms. The Morgan fingerprint density at radius 3 is 2.62 bits per heavy atom. The first-order valence-corrected chi connectivity index (χ1v) is 8.46. The molecule has 122 valence electrons. The average Bonchev–Trinajstić information content (AvgIpc) is 2.49. The Morgan fingerprint density at radius 1 is 1.29 bits per heavy atom. The van der Waals surface area contributed by atoms with Crippen molar-refractivity contribution in [3.05, 3.63) is 0 Å². The highest BCUT2D eigenvalue weighted by Crippen LogP contribution is 2.33. The molecule has 0 spiro atoms. The number of nitrogens with one attached hydrogen (secondary N) is 1. The standard InChI is InChI=1S/C16H31N3O2/c1-4-17-16(15(20)21-5-2)8-6-7-14(13-16)19-11-9-18(3)10-12-19/h14,17H,4-13H2,1-3H3. The first kappa shape index (κ1) is 16.7. The number of carbonyl (C=O) groups excluding carboxylic acids is 1. The molecular formula is C16H31N3O2. The number of hydrogen-bond donors (Lipinski definition) is 1. The first-order valence-electron chi connectivity index (χ1n) is 8.46. The van der Waals surface area contributed by atoms with Gasteiger partial charge in [0.25, 0.3) is 0 Å². The predicted octanol–water partition coefficient (Wildman–Crippen LogP) is 1.09. The predicted molar refractivity (Wildman–Crippen MR) is 84.4 cm³/mol. The molecule has 5 nitrogen and oxygen atoms in total. The highest BCUT2D eigenvalue weighted by Gasteiger charge is 2.44. The average molecular weight is 297 g/mol. The number of hydrogen-bond acceptors (Lipinski definition) is 5. The largest absolute Gasteiger partial charge is 0.465 e. The third-order valence-electron chi connectivity index (χ3n) is 4.96. The van der Waals surface area contributed by atoms with Crippen molar-refractivity contribution in [2.45, 2.75) is 51.1 Å². The van der Waals surface area contributed by atoms with Crippen molar-refractivity contribution in [2.75, 3.05) is 46.4 Å². The zero-order chi connectivity index (χ0) is 15.3. The van der Waals surface area contributed by atoms with Crippen LogP contribution in [-0.4, -0.2) is 73.7 Å². The SMILES string of the molecule is CCNC1(C(=O)OCC)CCCC(N2CCN(C)CC2)C1. The summed E-state index contributed by atoms with van der Waals surface area (Å²) in [5, 5.41) is 3.45. The van der Waals surface area contributed by atoms with E-state index in [1.807, 2.05) is 6.92 Å². The number of nitrogens with zero attached hydrogens (tertiary/aromatic N) is 2. The van der Waals surface area contributed by atoms with Crippen LogP contribution in [0.4, 0.5) is 0 Å². The molecule has 1 aliphatic carbocycles. The third-order valence-corrected chi connectivity index (χ3v) is 4.96. The van der Waals surface area contributed by atoms with E-state index < -0.39 is 5.54 Å². The van der Waals surface area contributed by atoms with E-state index in [2.05, 4.69) is 29.1 Å². The Labute approximate surface area is 129 Å². The van der Waals surface area contributed by atoms with E-state index in [0.29, 0.717) is 12.6 Å². The number of rotatable bonds is 5. The number of ether oxygens (including phenoxy) is 1. The fourth-order valence-corrected chi connectivity index (χ4v) is 3.77. The van der Waals surface area contributed by atoms with Gasteiger partial charge in [-0.25, -0.2) is 0 Å². The van der Waals surface area contributed by atoms with Gasteiger partial charge in [0.2, 0.25) is 0 Å². The van der Waals surface area contributed by atoms with Gasteiger partial charge in [-0.2, -0.15) is 0 Å². The van der Waals surface area contributed by atoms with E-state index in [-0.39, 0.29) is 5.97 Å². The van der Waals surface area contributed by atoms with Gasteiger partial charge in [0.1, 0.15) is 5.54 Å². The molecule has 2 atom stereocenters. The Bertz CT molecular complexity index is 338. The molecule has 0 aromatic rings. The monoisotopic (exact) mass is 297 g/mol. The molecule has 5 heteroatoms. The van der Waals surface area contributed by atoms with E-state index >= 15 is 0 Å². The smallest absolute Gasteiger partial charge is 0.326 e. The van der Waals surface area contributed by atoms with Crippen LogP contribution in [-0.2, 0) is 9.53 Å². The summed E-state index contributed by atoms with van der Waals surface area (Å²) in [6.07, 6.45) is 4.10. The molecule has 1 saturated carbocycles. The van der Waals surface area contributed by atoms with Crippen LogP contribution >= 0.6 is 0 Å². The topological polar surface area (TPSA) is 44.8 Å². The molecule has 1 aliphatic heterocycles. The molecule has 0 radical (unpaired) electrons. The van der Waals surface area contributed by atoms with Gasteiger partial charge in [-0.3, -0.25) is 9.69 Å². The van der Waals surface area contributed by atoms with E-state index in [0.717, 1.165) is 52.0 Å². The number of piperazine rings is 1. The van der Waals surface area contributed by atoms with Gasteiger partial charge >= 0.3 is 5.97 Å². The highest BCUT2D eigenvalue weighted by atomic mass is 16.5. The van der Waals surface area contributed by atoms with Gasteiger partial charge in [-0.1, -0.05) is 6.92 Å². The molecule has 0 bridgehead atoms. The van der Waals surface area contributed by atoms with Gasteiger partial charge in [-0.05, 0) is 46.2 Å². The number of carbonyl (C=O) groups is 1. The van der Waals surface area contributed by atoms with Crippen LogP contribution < -0.4 is 5.32 Å². The van der Waals surface area contributed by atoms with Gasteiger partial charge < -0.3 is 15.0 Å². The van der Waals surface area contributed by atoms with Crippen LogP contribution in [0.15, 0.2) is 0 Å². The van der Waals surface area contributed by atoms with Crippen LogP contribution in [0.2, 0.25) is 0 Å². The summed E-state index contributed by atoms with van der Waals surface area (Å²) in [7, 11) is 2.18. The summed E-state index contributed by atoms with van der Waals surface area (Å²) < 4.78 is 5.36. The minimum Gasteiger partial charge on any atom is -0.465 e. The molecule has 0 aromatic heterocycles. The molecule has 2 rings (SSSR count). The van der Waals surface area contributed by atoms with E-state index in [1.165, 1.54) is 6.42 Å². The summed E-state index contributed by atoms with van der Waals surface area (Å²) in [5.74, 6) is -0.0503. The minimum atomic E-state index is -0.461. The molecule has 2 fully saturated rings. The second kappa shape index (κ2) is 7.56. The lowest BCUT2D eigenvalue weighted by Crippen LogP contribution is -2.60. The Balaban J connectivity index is 2.03. The van der Waals surface area contributed by atoms with Crippen molar-refractivity contribution in [3.63, 3.8) is 0 Å². The molecule has 1 saturated heterocycles. The normalized spacial score (nSPS) is 32.0. The highest BCUT2D eigenvalue weighted by molar-refractivity contribution is 5.81. The number of esters is 1. The lowest BCUT2D eigenvalue weighted by molar-refractivity contribution is -0.154. The van der Waals surface area contributed by atoms with Gasteiger partial charge in [-0.15, -0.1) is 0 Å². The van der Waals surface area contributed by atoms with Gasteiger partial charge in [0, 0.05) is 32.2 Å². The van der Waals surface area contributed by atoms with Crippen LogP contribution in [0, 0.1) is 0 Å². The molecule has 2 aliphatic rings. The third kappa shape index (κ3) is 3.96. The fourth-order valence-electron chi connectivity index (χ4n) is 3.77. The summed E-state index contributed by atoms with van der Waals surface area (Å²) in [5.41, 5.74) is -0.461. The molecule has 0 amide bonds. The van der Waals surface area contributed by atoms with Crippen molar-refractivity contribution < 1.29 is 9.53 Å². The zero-order valence-corrected chi connectivity index (χ0v) is 13.9. The summed E-state index contributed by atoms with van der Waals surface area (Å²) in [4.78, 5) is 17.4. The first-order chi connectivity index (χ1) is 10.1. The molecule has 0 aromatic carbocycles. The lowest BCUT2D eigenvalue weighted by atomic mass is 9.78. The molecule has 1 N–H and O–H groups in total. The van der Waals surface area contributed by atoms with E-state index in [1.54, 1.807) is 0 Å². The maximum Gasteiger partial charge on any atom is 0.326 e.